The Morgan fingerprint density at radius 2 is 1.67 bits per heavy atom. The second-order valence-corrected chi connectivity index (χ2v) is 7.84. The van der Waals surface area contributed by atoms with Crippen LogP contribution >= 0.6 is 0 Å². The van der Waals surface area contributed by atoms with Gasteiger partial charge in [-0.15, -0.1) is 0 Å². The molecule has 0 unspecified atom stereocenters. The van der Waals surface area contributed by atoms with Crippen molar-refractivity contribution >= 4 is 23.1 Å². The predicted molar refractivity (Wildman–Crippen MR) is 123 cm³/mol. The van der Waals surface area contributed by atoms with Crippen LogP contribution in [0.2, 0.25) is 0 Å². The number of para-hydroxylation sites is 1. The van der Waals surface area contributed by atoms with Gasteiger partial charge in [0.2, 0.25) is 0 Å². The number of aromatic nitrogens is 1. The Morgan fingerprint density at radius 1 is 0.933 bits per heavy atom. The van der Waals surface area contributed by atoms with Crippen molar-refractivity contribution in [3.8, 4) is 0 Å². The van der Waals surface area contributed by atoms with Crippen molar-refractivity contribution in [2.24, 2.45) is 0 Å². The first-order valence-corrected chi connectivity index (χ1v) is 10.5. The standard InChI is InChI=1S/C25H28N4O/c1-18-8-7-11-22(19(18)2)28-23-10-4-3-9-21(23)25(30)27-20-13-16-29(17-14-20)24-12-5-6-15-26-24/h3-12,15,20,28H,13-14,16-17H2,1-2H3,(H,27,30). The third kappa shape index (κ3) is 4.46. The molecule has 2 heterocycles. The van der Waals surface area contributed by atoms with Crippen LogP contribution in [0.3, 0.4) is 0 Å². The minimum Gasteiger partial charge on any atom is -0.356 e. The molecule has 154 valence electrons. The summed E-state index contributed by atoms with van der Waals surface area (Å²) in [5.41, 5.74) is 4.94. The van der Waals surface area contributed by atoms with E-state index in [9.17, 15) is 4.79 Å². The molecule has 1 saturated heterocycles. The van der Waals surface area contributed by atoms with E-state index in [4.69, 9.17) is 0 Å². The molecular weight excluding hydrogens is 372 g/mol. The third-order valence-corrected chi connectivity index (χ3v) is 5.85. The number of anilines is 3. The van der Waals surface area contributed by atoms with Crippen molar-refractivity contribution in [2.75, 3.05) is 23.3 Å². The first-order chi connectivity index (χ1) is 14.6. The first-order valence-electron chi connectivity index (χ1n) is 10.5. The molecule has 0 radical (unpaired) electrons. The zero-order valence-corrected chi connectivity index (χ0v) is 17.6. The molecule has 2 aromatic carbocycles. The molecule has 0 bridgehead atoms. The molecule has 5 nitrogen and oxygen atoms in total. The first kappa shape index (κ1) is 20.0. The number of hydrogen-bond acceptors (Lipinski definition) is 4. The monoisotopic (exact) mass is 400 g/mol. The van der Waals surface area contributed by atoms with Crippen molar-refractivity contribution in [1.29, 1.82) is 0 Å². The summed E-state index contributed by atoms with van der Waals surface area (Å²) in [4.78, 5) is 19.8. The molecule has 1 aromatic heterocycles. The van der Waals surface area contributed by atoms with E-state index in [1.807, 2.05) is 60.8 Å². The van der Waals surface area contributed by atoms with Crippen LogP contribution in [0.1, 0.15) is 34.3 Å². The highest BCUT2D eigenvalue weighted by atomic mass is 16.1. The fourth-order valence-corrected chi connectivity index (χ4v) is 3.88. The van der Waals surface area contributed by atoms with Gasteiger partial charge in [0.1, 0.15) is 5.82 Å². The number of amides is 1. The van der Waals surface area contributed by atoms with Crippen molar-refractivity contribution in [1.82, 2.24) is 10.3 Å². The van der Waals surface area contributed by atoms with Gasteiger partial charge in [-0.05, 0) is 68.1 Å². The van der Waals surface area contributed by atoms with E-state index in [1.165, 1.54) is 11.1 Å². The van der Waals surface area contributed by atoms with Crippen molar-refractivity contribution in [3.63, 3.8) is 0 Å². The highest BCUT2D eigenvalue weighted by molar-refractivity contribution is 6.00. The SMILES string of the molecule is Cc1cccc(Nc2ccccc2C(=O)NC2CCN(c3ccccn3)CC2)c1C. The largest absolute Gasteiger partial charge is 0.356 e. The number of nitrogens with zero attached hydrogens (tertiary/aromatic N) is 2. The van der Waals surface area contributed by atoms with Crippen LogP contribution in [-0.4, -0.2) is 30.0 Å². The number of nitrogens with one attached hydrogen (secondary N) is 2. The second-order valence-electron chi connectivity index (χ2n) is 7.84. The maximum absolute atomic E-state index is 13.1. The molecule has 0 atom stereocenters. The van der Waals surface area contributed by atoms with Gasteiger partial charge < -0.3 is 15.5 Å². The fourth-order valence-electron chi connectivity index (χ4n) is 3.88. The minimum atomic E-state index is -0.0281. The molecule has 1 aliphatic rings. The smallest absolute Gasteiger partial charge is 0.253 e. The molecule has 5 heteroatoms. The summed E-state index contributed by atoms with van der Waals surface area (Å²) in [7, 11) is 0. The number of carbonyl (C=O) groups excluding carboxylic acids is 1. The van der Waals surface area contributed by atoms with Crippen LogP contribution in [0.4, 0.5) is 17.2 Å². The topological polar surface area (TPSA) is 57.3 Å². The molecule has 1 aliphatic heterocycles. The molecule has 1 amide bonds. The normalized spacial score (nSPS) is 14.4. The van der Waals surface area contributed by atoms with E-state index in [1.54, 1.807) is 0 Å². The molecule has 1 fully saturated rings. The molecule has 3 aromatic rings. The van der Waals surface area contributed by atoms with Crippen molar-refractivity contribution < 1.29 is 4.79 Å². The van der Waals surface area contributed by atoms with Crippen LogP contribution in [0.25, 0.3) is 0 Å². The maximum atomic E-state index is 13.1. The van der Waals surface area contributed by atoms with E-state index in [-0.39, 0.29) is 11.9 Å². The second kappa shape index (κ2) is 8.99. The number of benzene rings is 2. The molecule has 0 spiro atoms. The Balaban J connectivity index is 1.41. The predicted octanol–water partition coefficient (Wildman–Crippen LogP) is 4.84. The highest BCUT2D eigenvalue weighted by Crippen LogP contribution is 2.26. The summed E-state index contributed by atoms with van der Waals surface area (Å²) in [5.74, 6) is 0.977. The molecule has 0 saturated carbocycles. The van der Waals surface area contributed by atoms with Gasteiger partial charge in [0, 0.05) is 31.0 Å². The molecule has 30 heavy (non-hydrogen) atoms. The van der Waals surface area contributed by atoms with Gasteiger partial charge in [-0.3, -0.25) is 4.79 Å². The van der Waals surface area contributed by atoms with E-state index in [0.717, 1.165) is 43.1 Å². The summed E-state index contributed by atoms with van der Waals surface area (Å²) in [6.45, 7) is 5.97. The zero-order chi connectivity index (χ0) is 20.9. The van der Waals surface area contributed by atoms with Gasteiger partial charge >= 0.3 is 0 Å². The van der Waals surface area contributed by atoms with Gasteiger partial charge in [-0.25, -0.2) is 4.98 Å². The van der Waals surface area contributed by atoms with Crippen molar-refractivity contribution in [2.45, 2.75) is 32.7 Å². The van der Waals surface area contributed by atoms with Crippen LogP contribution in [0, 0.1) is 13.8 Å². The fraction of sp³-hybridized carbons (Fsp3) is 0.280. The average Bonchev–Trinajstić information content (AvgIpc) is 2.78. The third-order valence-electron chi connectivity index (χ3n) is 5.85. The quantitative estimate of drug-likeness (QED) is 0.643. The van der Waals surface area contributed by atoms with Crippen LogP contribution in [0.5, 0.6) is 0 Å². The summed E-state index contributed by atoms with van der Waals surface area (Å²) >= 11 is 0. The minimum absolute atomic E-state index is 0.0281. The number of hydrogen-bond donors (Lipinski definition) is 2. The zero-order valence-electron chi connectivity index (χ0n) is 17.6. The van der Waals surface area contributed by atoms with Gasteiger partial charge in [0.15, 0.2) is 0 Å². The number of carbonyl (C=O) groups is 1. The number of aryl methyl sites for hydroxylation is 1. The Kier molecular flexibility index (Phi) is 5.98. The van der Waals surface area contributed by atoms with E-state index in [2.05, 4.69) is 40.4 Å². The van der Waals surface area contributed by atoms with Gasteiger partial charge in [0.05, 0.1) is 11.3 Å². The Hall–Kier alpha value is -3.34. The van der Waals surface area contributed by atoms with Gasteiger partial charge in [-0.1, -0.05) is 30.3 Å². The lowest BCUT2D eigenvalue weighted by Gasteiger charge is -2.33. The molecule has 2 N–H and O–H groups in total. The molecular formula is C25H28N4O. The van der Waals surface area contributed by atoms with Crippen LogP contribution < -0.4 is 15.5 Å². The Morgan fingerprint density at radius 3 is 2.43 bits per heavy atom. The van der Waals surface area contributed by atoms with Crippen molar-refractivity contribution in [3.05, 3.63) is 83.6 Å². The van der Waals surface area contributed by atoms with Gasteiger partial charge in [0.25, 0.3) is 5.91 Å². The summed E-state index contributed by atoms with van der Waals surface area (Å²) in [6, 6.07) is 20.0. The summed E-state index contributed by atoms with van der Waals surface area (Å²) < 4.78 is 0. The lowest BCUT2D eigenvalue weighted by molar-refractivity contribution is 0.0932. The summed E-state index contributed by atoms with van der Waals surface area (Å²) in [6.07, 6.45) is 3.65. The molecule has 0 aliphatic carbocycles. The number of pyridine rings is 1. The highest BCUT2D eigenvalue weighted by Gasteiger charge is 2.22. The average molecular weight is 401 g/mol. The maximum Gasteiger partial charge on any atom is 0.253 e. The Bertz CT molecular complexity index is 1010. The molecule has 4 rings (SSSR count). The number of rotatable bonds is 5. The van der Waals surface area contributed by atoms with Gasteiger partial charge in [-0.2, -0.15) is 0 Å². The van der Waals surface area contributed by atoms with E-state index in [0.29, 0.717) is 5.56 Å². The Labute approximate surface area is 178 Å². The lowest BCUT2D eigenvalue weighted by Crippen LogP contribution is -2.45. The summed E-state index contributed by atoms with van der Waals surface area (Å²) in [5, 5.41) is 6.68. The van der Waals surface area contributed by atoms with Crippen LogP contribution in [0.15, 0.2) is 66.9 Å². The van der Waals surface area contributed by atoms with E-state index >= 15 is 0 Å². The van der Waals surface area contributed by atoms with E-state index < -0.39 is 0 Å². The number of piperidine rings is 1. The van der Waals surface area contributed by atoms with Crippen LogP contribution in [-0.2, 0) is 0 Å². The lowest BCUT2D eigenvalue weighted by atomic mass is 10.0.